The SMILES string of the molecule is Cc1nc2ccccc2c(=O)n1CCCNC(=O)c1cccnc1. The van der Waals surface area contributed by atoms with E-state index in [-0.39, 0.29) is 11.5 Å². The van der Waals surface area contributed by atoms with Gasteiger partial charge in [-0.15, -0.1) is 0 Å². The summed E-state index contributed by atoms with van der Waals surface area (Å²) in [5.74, 6) is 0.515. The Kier molecular flexibility index (Phi) is 4.65. The summed E-state index contributed by atoms with van der Waals surface area (Å²) >= 11 is 0. The molecule has 0 unspecified atom stereocenters. The van der Waals surface area contributed by atoms with Gasteiger partial charge in [0.25, 0.3) is 11.5 Å². The summed E-state index contributed by atoms with van der Waals surface area (Å²) in [7, 11) is 0. The number of rotatable bonds is 5. The van der Waals surface area contributed by atoms with Crippen LogP contribution in [0.2, 0.25) is 0 Å². The second kappa shape index (κ2) is 7.04. The molecule has 122 valence electrons. The molecule has 0 saturated heterocycles. The molecule has 1 amide bonds. The number of carbonyl (C=O) groups excluding carboxylic acids is 1. The molecule has 0 aliphatic carbocycles. The van der Waals surface area contributed by atoms with Crippen molar-refractivity contribution in [2.75, 3.05) is 6.54 Å². The van der Waals surface area contributed by atoms with Crippen LogP contribution in [-0.4, -0.2) is 27.0 Å². The molecule has 6 nitrogen and oxygen atoms in total. The second-order valence-electron chi connectivity index (χ2n) is 5.48. The average Bonchev–Trinajstić information content (AvgIpc) is 2.61. The summed E-state index contributed by atoms with van der Waals surface area (Å²) in [5, 5.41) is 3.44. The van der Waals surface area contributed by atoms with E-state index in [1.54, 1.807) is 29.0 Å². The fourth-order valence-electron chi connectivity index (χ4n) is 2.58. The number of nitrogens with zero attached hydrogens (tertiary/aromatic N) is 3. The Morgan fingerprint density at radius 2 is 2.04 bits per heavy atom. The Balaban J connectivity index is 1.64. The lowest BCUT2D eigenvalue weighted by atomic mass is 10.2. The quantitative estimate of drug-likeness (QED) is 0.728. The van der Waals surface area contributed by atoms with E-state index in [0.29, 0.717) is 41.8 Å². The number of aryl methyl sites for hydroxylation is 1. The maximum atomic E-state index is 12.5. The number of aromatic nitrogens is 3. The number of hydrogen-bond acceptors (Lipinski definition) is 4. The van der Waals surface area contributed by atoms with Crippen molar-refractivity contribution in [2.45, 2.75) is 19.9 Å². The molecular formula is C18H18N4O2. The molecule has 3 rings (SSSR count). The van der Waals surface area contributed by atoms with Gasteiger partial charge in [-0.25, -0.2) is 4.98 Å². The summed E-state index contributed by atoms with van der Waals surface area (Å²) in [6.07, 6.45) is 3.79. The van der Waals surface area contributed by atoms with E-state index in [0.717, 1.165) is 0 Å². The van der Waals surface area contributed by atoms with E-state index >= 15 is 0 Å². The van der Waals surface area contributed by atoms with Crippen molar-refractivity contribution in [3.8, 4) is 0 Å². The van der Waals surface area contributed by atoms with Crippen molar-refractivity contribution in [1.82, 2.24) is 19.9 Å². The molecule has 1 N–H and O–H groups in total. The van der Waals surface area contributed by atoms with Crippen LogP contribution in [0, 0.1) is 6.92 Å². The van der Waals surface area contributed by atoms with Gasteiger partial charge in [0.05, 0.1) is 16.5 Å². The molecule has 0 aliphatic heterocycles. The zero-order chi connectivity index (χ0) is 16.9. The minimum atomic E-state index is -0.163. The third-order valence-electron chi connectivity index (χ3n) is 3.82. The van der Waals surface area contributed by atoms with Crippen molar-refractivity contribution in [2.24, 2.45) is 0 Å². The van der Waals surface area contributed by atoms with Crippen molar-refractivity contribution in [3.05, 3.63) is 70.5 Å². The van der Waals surface area contributed by atoms with Crippen LogP contribution in [0.4, 0.5) is 0 Å². The Labute approximate surface area is 139 Å². The Morgan fingerprint density at radius 1 is 1.21 bits per heavy atom. The van der Waals surface area contributed by atoms with Crippen LogP contribution in [0.5, 0.6) is 0 Å². The number of fused-ring (bicyclic) bond motifs is 1. The van der Waals surface area contributed by atoms with Gasteiger partial charge < -0.3 is 5.32 Å². The molecule has 0 spiro atoms. The van der Waals surface area contributed by atoms with Crippen LogP contribution in [-0.2, 0) is 6.54 Å². The highest BCUT2D eigenvalue weighted by Gasteiger charge is 2.08. The molecule has 1 aromatic carbocycles. The Morgan fingerprint density at radius 3 is 2.83 bits per heavy atom. The van der Waals surface area contributed by atoms with Gasteiger partial charge >= 0.3 is 0 Å². The minimum absolute atomic E-state index is 0.0447. The van der Waals surface area contributed by atoms with Crippen LogP contribution in [0.25, 0.3) is 10.9 Å². The molecule has 0 aliphatic rings. The van der Waals surface area contributed by atoms with Crippen molar-refractivity contribution < 1.29 is 4.79 Å². The van der Waals surface area contributed by atoms with E-state index in [2.05, 4.69) is 15.3 Å². The highest BCUT2D eigenvalue weighted by atomic mass is 16.1. The lowest BCUT2D eigenvalue weighted by Crippen LogP contribution is -2.28. The van der Waals surface area contributed by atoms with E-state index < -0.39 is 0 Å². The van der Waals surface area contributed by atoms with Gasteiger partial charge in [-0.05, 0) is 37.6 Å². The summed E-state index contributed by atoms with van der Waals surface area (Å²) in [4.78, 5) is 32.8. The van der Waals surface area contributed by atoms with Crippen LogP contribution >= 0.6 is 0 Å². The lowest BCUT2D eigenvalue weighted by Gasteiger charge is -2.11. The maximum absolute atomic E-state index is 12.5. The molecule has 3 aromatic rings. The highest BCUT2D eigenvalue weighted by Crippen LogP contribution is 2.07. The Hall–Kier alpha value is -3.02. The van der Waals surface area contributed by atoms with E-state index in [4.69, 9.17) is 0 Å². The smallest absolute Gasteiger partial charge is 0.261 e. The molecule has 24 heavy (non-hydrogen) atoms. The van der Waals surface area contributed by atoms with E-state index in [1.807, 2.05) is 25.1 Å². The number of para-hydroxylation sites is 1. The first-order valence-corrected chi connectivity index (χ1v) is 7.81. The first-order chi connectivity index (χ1) is 11.7. The molecule has 0 radical (unpaired) electrons. The molecule has 0 saturated carbocycles. The number of benzene rings is 1. The summed E-state index contributed by atoms with van der Waals surface area (Å²) < 4.78 is 1.65. The van der Waals surface area contributed by atoms with E-state index in [9.17, 15) is 9.59 Å². The second-order valence-corrected chi connectivity index (χ2v) is 5.48. The highest BCUT2D eigenvalue weighted by molar-refractivity contribution is 5.93. The monoisotopic (exact) mass is 322 g/mol. The third-order valence-corrected chi connectivity index (χ3v) is 3.82. The largest absolute Gasteiger partial charge is 0.352 e. The average molecular weight is 322 g/mol. The van der Waals surface area contributed by atoms with Crippen molar-refractivity contribution >= 4 is 16.8 Å². The lowest BCUT2D eigenvalue weighted by molar-refractivity contribution is 0.0952. The van der Waals surface area contributed by atoms with Gasteiger partial charge in [0.1, 0.15) is 5.82 Å². The van der Waals surface area contributed by atoms with Gasteiger partial charge in [0.15, 0.2) is 0 Å². The molecule has 0 atom stereocenters. The zero-order valence-corrected chi connectivity index (χ0v) is 13.4. The number of nitrogens with one attached hydrogen (secondary N) is 1. The first-order valence-electron chi connectivity index (χ1n) is 7.81. The summed E-state index contributed by atoms with van der Waals surface area (Å²) in [5.41, 5.74) is 1.19. The number of pyridine rings is 1. The maximum Gasteiger partial charge on any atom is 0.261 e. The molecule has 2 heterocycles. The Bertz CT molecular complexity index is 919. The predicted molar refractivity (Wildman–Crippen MR) is 91.9 cm³/mol. The third kappa shape index (κ3) is 3.32. The van der Waals surface area contributed by atoms with Crippen molar-refractivity contribution in [1.29, 1.82) is 0 Å². The summed E-state index contributed by atoms with van der Waals surface area (Å²) in [6, 6.07) is 10.8. The van der Waals surface area contributed by atoms with Crippen LogP contribution in [0.1, 0.15) is 22.6 Å². The number of amides is 1. The number of hydrogen-bond donors (Lipinski definition) is 1. The molecule has 6 heteroatoms. The molecule has 0 fully saturated rings. The minimum Gasteiger partial charge on any atom is -0.352 e. The van der Waals surface area contributed by atoms with E-state index in [1.165, 1.54) is 6.20 Å². The van der Waals surface area contributed by atoms with Crippen LogP contribution in [0.3, 0.4) is 0 Å². The first kappa shape index (κ1) is 15.9. The molecular weight excluding hydrogens is 304 g/mol. The molecule has 2 aromatic heterocycles. The van der Waals surface area contributed by atoms with Gasteiger partial charge in [0.2, 0.25) is 0 Å². The normalized spacial score (nSPS) is 10.7. The van der Waals surface area contributed by atoms with Crippen molar-refractivity contribution in [3.63, 3.8) is 0 Å². The van der Waals surface area contributed by atoms with Crippen LogP contribution in [0.15, 0.2) is 53.6 Å². The standard InChI is InChI=1S/C18H18N4O2/c1-13-21-16-8-3-2-7-15(16)18(24)22(13)11-5-10-20-17(23)14-6-4-9-19-12-14/h2-4,6-9,12H,5,10-11H2,1H3,(H,20,23). The fraction of sp³-hybridized carbons (Fsp3) is 0.222. The number of carbonyl (C=O) groups is 1. The fourth-order valence-corrected chi connectivity index (χ4v) is 2.58. The van der Waals surface area contributed by atoms with Crippen LogP contribution < -0.4 is 10.9 Å². The van der Waals surface area contributed by atoms with Gasteiger partial charge in [-0.3, -0.25) is 19.1 Å². The van der Waals surface area contributed by atoms with Gasteiger partial charge in [-0.1, -0.05) is 12.1 Å². The molecule has 0 bridgehead atoms. The zero-order valence-electron chi connectivity index (χ0n) is 13.4. The van der Waals surface area contributed by atoms with Gasteiger partial charge in [-0.2, -0.15) is 0 Å². The topological polar surface area (TPSA) is 76.9 Å². The summed E-state index contributed by atoms with van der Waals surface area (Å²) in [6.45, 7) is 2.81. The predicted octanol–water partition coefficient (Wildman–Crippen LogP) is 1.92. The van der Waals surface area contributed by atoms with Gasteiger partial charge in [0, 0.05) is 25.5 Å².